The maximum absolute atomic E-state index is 5.74. The average Bonchev–Trinajstić information content (AvgIpc) is 3.46. The van der Waals surface area contributed by atoms with Crippen molar-refractivity contribution >= 4 is 5.65 Å². The minimum absolute atomic E-state index is 0.576. The molecule has 32 heavy (non-hydrogen) atoms. The summed E-state index contributed by atoms with van der Waals surface area (Å²) < 4.78 is 7.49. The first kappa shape index (κ1) is 19.9. The lowest BCUT2D eigenvalue weighted by molar-refractivity contribution is 0.313. The van der Waals surface area contributed by atoms with Crippen LogP contribution >= 0.6 is 0 Å². The Morgan fingerprint density at radius 1 is 1.00 bits per heavy atom. The number of hydrogen-bond donors (Lipinski definition) is 2. The summed E-state index contributed by atoms with van der Waals surface area (Å²) in [5, 5.41) is 7.64. The molecule has 0 saturated carbocycles. The fourth-order valence-electron chi connectivity index (χ4n) is 3.50. The van der Waals surface area contributed by atoms with Crippen LogP contribution in [0.2, 0.25) is 0 Å². The summed E-state index contributed by atoms with van der Waals surface area (Å²) >= 11 is 0. The molecule has 2 N–H and O–H groups in total. The molecule has 0 aliphatic heterocycles. The van der Waals surface area contributed by atoms with Crippen LogP contribution in [-0.2, 0) is 6.54 Å². The van der Waals surface area contributed by atoms with E-state index in [1.54, 1.807) is 10.8 Å². The van der Waals surface area contributed by atoms with Crippen molar-refractivity contribution in [2.75, 3.05) is 13.2 Å². The number of imidazole rings is 1. The van der Waals surface area contributed by atoms with E-state index in [0.29, 0.717) is 19.7 Å². The molecule has 0 aliphatic rings. The number of H-pyrrole nitrogens is 1. The molecule has 160 valence electrons. The topological polar surface area (TPSA) is 93.0 Å². The van der Waals surface area contributed by atoms with E-state index in [2.05, 4.69) is 25.4 Å². The summed E-state index contributed by atoms with van der Waals surface area (Å²) in [4.78, 5) is 17.2. The zero-order valence-corrected chi connectivity index (χ0v) is 17.7. The van der Waals surface area contributed by atoms with Crippen LogP contribution in [0.15, 0.2) is 73.2 Å². The number of nitrogens with zero attached hydrogens (tertiary/aromatic N) is 5. The lowest BCUT2D eigenvalue weighted by Crippen LogP contribution is -2.21. The Bertz CT molecular complexity index is 1330. The van der Waals surface area contributed by atoms with Crippen LogP contribution in [0.3, 0.4) is 0 Å². The number of benzene rings is 1. The molecule has 0 saturated heterocycles. The number of aromatic amines is 1. The lowest BCUT2D eigenvalue weighted by atomic mass is 10.1. The molecule has 8 nitrogen and oxygen atoms in total. The highest BCUT2D eigenvalue weighted by Crippen LogP contribution is 2.29. The van der Waals surface area contributed by atoms with Gasteiger partial charge in [0, 0.05) is 24.0 Å². The van der Waals surface area contributed by atoms with Gasteiger partial charge in [-0.1, -0.05) is 24.3 Å². The molecule has 0 unspecified atom stereocenters. The quantitative estimate of drug-likeness (QED) is 0.369. The van der Waals surface area contributed by atoms with Gasteiger partial charge in [-0.25, -0.2) is 14.5 Å². The van der Waals surface area contributed by atoms with Crippen LogP contribution in [0, 0.1) is 6.92 Å². The van der Waals surface area contributed by atoms with Crippen molar-refractivity contribution in [2.45, 2.75) is 13.5 Å². The molecule has 4 aromatic heterocycles. The predicted octanol–water partition coefficient (Wildman–Crippen LogP) is 3.66. The summed E-state index contributed by atoms with van der Waals surface area (Å²) in [6.45, 7) is 3.84. The first-order valence-corrected chi connectivity index (χ1v) is 10.5. The Hall–Kier alpha value is -4.04. The number of pyridine rings is 2. The summed E-state index contributed by atoms with van der Waals surface area (Å²) in [5.74, 6) is 1.70. The van der Waals surface area contributed by atoms with Gasteiger partial charge in [0.2, 0.25) is 0 Å². The maximum Gasteiger partial charge on any atom is 0.155 e. The number of fused-ring (bicyclic) bond motifs is 1. The highest BCUT2D eigenvalue weighted by Gasteiger charge is 2.16. The molecular formula is C24H23N7O. The van der Waals surface area contributed by atoms with E-state index in [4.69, 9.17) is 9.72 Å². The molecule has 0 amide bonds. The third kappa shape index (κ3) is 4.35. The van der Waals surface area contributed by atoms with Gasteiger partial charge in [-0.3, -0.25) is 4.98 Å². The fraction of sp³-hybridized carbons (Fsp3) is 0.167. The molecule has 4 heterocycles. The van der Waals surface area contributed by atoms with Gasteiger partial charge in [0.25, 0.3) is 0 Å². The molecule has 8 heteroatoms. The van der Waals surface area contributed by atoms with Gasteiger partial charge in [-0.15, -0.1) is 0 Å². The van der Waals surface area contributed by atoms with Gasteiger partial charge < -0.3 is 15.0 Å². The second-order valence-corrected chi connectivity index (χ2v) is 7.39. The van der Waals surface area contributed by atoms with E-state index in [-0.39, 0.29) is 0 Å². The van der Waals surface area contributed by atoms with Gasteiger partial charge >= 0.3 is 0 Å². The largest absolute Gasteiger partial charge is 0.492 e. The van der Waals surface area contributed by atoms with Crippen LogP contribution in [0.4, 0.5) is 0 Å². The summed E-state index contributed by atoms with van der Waals surface area (Å²) in [7, 11) is 0. The van der Waals surface area contributed by atoms with Crippen LogP contribution in [0.1, 0.15) is 11.5 Å². The summed E-state index contributed by atoms with van der Waals surface area (Å²) in [6, 6.07) is 19.7. The summed E-state index contributed by atoms with van der Waals surface area (Å²) in [6.07, 6.45) is 3.49. The number of ether oxygens (including phenoxy) is 1. The second-order valence-electron chi connectivity index (χ2n) is 7.39. The third-order valence-electron chi connectivity index (χ3n) is 5.03. The normalized spacial score (nSPS) is 11.2. The Balaban J connectivity index is 1.36. The van der Waals surface area contributed by atoms with Crippen LogP contribution in [-0.4, -0.2) is 42.7 Å². The average molecular weight is 425 g/mol. The van der Waals surface area contributed by atoms with Crippen LogP contribution in [0.5, 0.6) is 5.75 Å². The van der Waals surface area contributed by atoms with Crippen molar-refractivity contribution in [1.82, 2.24) is 34.9 Å². The molecule has 0 fully saturated rings. The molecule has 5 aromatic rings. The van der Waals surface area contributed by atoms with E-state index < -0.39 is 0 Å². The Morgan fingerprint density at radius 3 is 2.78 bits per heavy atom. The third-order valence-corrected chi connectivity index (χ3v) is 5.03. The zero-order chi connectivity index (χ0) is 21.8. The monoisotopic (exact) mass is 425 g/mol. The standard InChI is InChI=1S/C24H23N7O/c1-17-6-5-9-20(28-17)24-23(18-10-11-22-26-16-27-31(22)15-18)29-21(30-24)14-25-12-13-32-19-7-3-2-4-8-19/h2-11,15-16,25H,12-14H2,1H3,(H,29,30). The van der Waals surface area contributed by atoms with Gasteiger partial charge in [0.05, 0.1) is 17.9 Å². The van der Waals surface area contributed by atoms with Crippen molar-refractivity contribution in [3.8, 4) is 28.4 Å². The van der Waals surface area contributed by atoms with Crippen molar-refractivity contribution in [3.63, 3.8) is 0 Å². The Labute approximate surface area is 185 Å². The minimum atomic E-state index is 0.576. The summed E-state index contributed by atoms with van der Waals surface area (Å²) in [5.41, 5.74) is 5.24. The maximum atomic E-state index is 5.74. The van der Waals surface area contributed by atoms with Crippen molar-refractivity contribution in [3.05, 3.63) is 84.7 Å². The number of nitrogens with one attached hydrogen (secondary N) is 2. The predicted molar refractivity (Wildman–Crippen MR) is 122 cm³/mol. The Morgan fingerprint density at radius 2 is 1.91 bits per heavy atom. The molecule has 1 aromatic carbocycles. The van der Waals surface area contributed by atoms with Gasteiger partial charge in [-0.05, 0) is 43.3 Å². The van der Waals surface area contributed by atoms with Crippen molar-refractivity contribution in [1.29, 1.82) is 0 Å². The number of aromatic nitrogens is 6. The van der Waals surface area contributed by atoms with Crippen LogP contribution < -0.4 is 10.1 Å². The Kier molecular flexibility index (Phi) is 5.59. The van der Waals surface area contributed by atoms with E-state index in [9.17, 15) is 0 Å². The first-order chi connectivity index (χ1) is 15.8. The minimum Gasteiger partial charge on any atom is -0.492 e. The number of aryl methyl sites for hydroxylation is 1. The fourth-order valence-corrected chi connectivity index (χ4v) is 3.50. The van der Waals surface area contributed by atoms with Crippen molar-refractivity contribution < 1.29 is 4.74 Å². The van der Waals surface area contributed by atoms with Crippen molar-refractivity contribution in [2.24, 2.45) is 0 Å². The highest BCUT2D eigenvalue weighted by molar-refractivity contribution is 5.77. The number of hydrogen-bond acceptors (Lipinski definition) is 6. The molecular weight excluding hydrogens is 402 g/mol. The highest BCUT2D eigenvalue weighted by atomic mass is 16.5. The number of para-hydroxylation sites is 1. The lowest BCUT2D eigenvalue weighted by Gasteiger charge is -2.06. The second kappa shape index (κ2) is 8.99. The smallest absolute Gasteiger partial charge is 0.155 e. The van der Waals surface area contributed by atoms with Gasteiger partial charge in [0.15, 0.2) is 5.65 Å². The first-order valence-electron chi connectivity index (χ1n) is 10.5. The van der Waals surface area contributed by atoms with E-state index in [1.165, 1.54) is 0 Å². The molecule has 0 bridgehead atoms. The molecule has 0 atom stereocenters. The van der Waals surface area contributed by atoms with E-state index >= 15 is 0 Å². The molecule has 0 spiro atoms. The van der Waals surface area contributed by atoms with E-state index in [1.807, 2.05) is 73.8 Å². The van der Waals surface area contributed by atoms with E-state index in [0.717, 1.165) is 45.6 Å². The van der Waals surface area contributed by atoms with Gasteiger partial charge in [-0.2, -0.15) is 5.10 Å². The molecule has 0 aliphatic carbocycles. The molecule has 0 radical (unpaired) electrons. The SMILES string of the molecule is Cc1cccc(-c2nc(CNCCOc3ccccc3)[nH]c2-c2ccc3ncnn3c2)n1. The molecule has 5 rings (SSSR count). The van der Waals surface area contributed by atoms with Crippen LogP contribution in [0.25, 0.3) is 28.3 Å². The number of rotatable bonds is 8. The van der Waals surface area contributed by atoms with Gasteiger partial charge in [0.1, 0.15) is 30.2 Å². The zero-order valence-electron chi connectivity index (χ0n) is 17.7.